The summed E-state index contributed by atoms with van der Waals surface area (Å²) in [6.45, 7) is 3.24. The highest BCUT2D eigenvalue weighted by molar-refractivity contribution is 5.80. The number of ether oxygens (including phenoxy) is 2. The lowest BCUT2D eigenvalue weighted by atomic mass is 9.89. The molecule has 1 fully saturated rings. The van der Waals surface area contributed by atoms with E-state index < -0.39 is 18.2 Å². The molecule has 2 rings (SSSR count). The number of benzene rings is 1. The average molecular weight is 309 g/mol. The van der Waals surface area contributed by atoms with Crippen LogP contribution in [0.15, 0.2) is 18.2 Å². The van der Waals surface area contributed by atoms with Crippen LogP contribution in [-0.4, -0.2) is 31.4 Å². The first kappa shape index (κ1) is 16.7. The molecular formula is C17H24FNO3. The summed E-state index contributed by atoms with van der Waals surface area (Å²) in [6.07, 6.45) is 2.68. The maximum Gasteiger partial charge on any atom is 0.326 e. The minimum absolute atomic E-state index is 0.0278. The average Bonchev–Trinajstić information content (AvgIpc) is 3.29. The monoisotopic (exact) mass is 309 g/mol. The highest BCUT2D eigenvalue weighted by atomic mass is 19.1. The highest BCUT2D eigenvalue weighted by Crippen LogP contribution is 2.43. The Morgan fingerprint density at radius 3 is 2.77 bits per heavy atom. The summed E-state index contributed by atoms with van der Waals surface area (Å²) >= 11 is 0. The Morgan fingerprint density at radius 2 is 2.18 bits per heavy atom. The van der Waals surface area contributed by atoms with Crippen molar-refractivity contribution in [1.29, 1.82) is 0 Å². The molecule has 1 aromatic carbocycles. The first-order chi connectivity index (χ1) is 10.5. The molecule has 1 atom stereocenters. The summed E-state index contributed by atoms with van der Waals surface area (Å²) < 4.78 is 22.6. The van der Waals surface area contributed by atoms with E-state index in [0.717, 1.165) is 18.4 Å². The van der Waals surface area contributed by atoms with E-state index in [1.54, 1.807) is 13.8 Å². The summed E-state index contributed by atoms with van der Waals surface area (Å²) in [6, 6.07) is 5.72. The number of halogens is 1. The molecule has 1 aliphatic carbocycles. The molecule has 0 amide bonds. The van der Waals surface area contributed by atoms with Crippen LogP contribution < -0.4 is 10.5 Å². The first-order valence-corrected chi connectivity index (χ1v) is 7.75. The number of hydrogen-bond acceptors (Lipinski definition) is 4. The van der Waals surface area contributed by atoms with Crippen molar-refractivity contribution in [3.63, 3.8) is 0 Å². The van der Waals surface area contributed by atoms with Gasteiger partial charge in [0.25, 0.3) is 0 Å². The quantitative estimate of drug-likeness (QED) is 0.750. The SMILES string of the molecule is CCOC(=O)C(C)(N)Cc1cc(OCCF)ccc1C1CC1. The maximum absolute atomic E-state index is 12.3. The van der Waals surface area contributed by atoms with Gasteiger partial charge in [-0.25, -0.2) is 4.39 Å². The van der Waals surface area contributed by atoms with E-state index in [0.29, 0.717) is 24.7 Å². The number of carbonyl (C=O) groups excluding carboxylic acids is 1. The largest absolute Gasteiger partial charge is 0.491 e. The van der Waals surface area contributed by atoms with Gasteiger partial charge in [-0.3, -0.25) is 4.79 Å². The van der Waals surface area contributed by atoms with Crippen LogP contribution in [0.5, 0.6) is 5.75 Å². The van der Waals surface area contributed by atoms with E-state index in [9.17, 15) is 9.18 Å². The fraction of sp³-hybridized carbons (Fsp3) is 0.588. The van der Waals surface area contributed by atoms with E-state index in [-0.39, 0.29) is 6.61 Å². The summed E-state index contributed by atoms with van der Waals surface area (Å²) in [4.78, 5) is 12.0. The standard InChI is InChI=1S/C17H24FNO3/c1-3-21-16(20)17(2,19)11-13-10-14(22-9-8-18)6-7-15(13)12-4-5-12/h6-7,10,12H,3-5,8-9,11,19H2,1-2H3. The first-order valence-electron chi connectivity index (χ1n) is 7.75. The molecule has 1 aliphatic rings. The van der Waals surface area contributed by atoms with Gasteiger partial charge in [0.2, 0.25) is 0 Å². The topological polar surface area (TPSA) is 61.5 Å². The van der Waals surface area contributed by atoms with E-state index in [1.807, 2.05) is 18.2 Å². The Morgan fingerprint density at radius 1 is 1.45 bits per heavy atom. The predicted octanol–water partition coefficient (Wildman–Crippen LogP) is 2.74. The van der Waals surface area contributed by atoms with Crippen LogP contribution in [0.25, 0.3) is 0 Å². The van der Waals surface area contributed by atoms with Crippen molar-refractivity contribution in [2.45, 2.75) is 44.6 Å². The molecule has 2 N–H and O–H groups in total. The van der Waals surface area contributed by atoms with E-state index in [4.69, 9.17) is 15.2 Å². The zero-order valence-electron chi connectivity index (χ0n) is 13.2. The zero-order valence-corrected chi connectivity index (χ0v) is 13.2. The third-order valence-corrected chi connectivity index (χ3v) is 3.78. The minimum atomic E-state index is -1.08. The van der Waals surface area contributed by atoms with Gasteiger partial charge in [0.1, 0.15) is 24.6 Å². The van der Waals surface area contributed by atoms with Gasteiger partial charge in [-0.2, -0.15) is 0 Å². The number of esters is 1. The van der Waals surface area contributed by atoms with Crippen molar-refractivity contribution in [2.24, 2.45) is 5.73 Å². The number of nitrogens with two attached hydrogens (primary N) is 1. The number of carbonyl (C=O) groups is 1. The fourth-order valence-corrected chi connectivity index (χ4v) is 2.54. The van der Waals surface area contributed by atoms with Crippen LogP contribution in [0, 0.1) is 0 Å². The molecule has 0 radical (unpaired) electrons. The molecule has 0 aromatic heterocycles. The van der Waals surface area contributed by atoms with Gasteiger partial charge >= 0.3 is 5.97 Å². The molecule has 122 valence electrons. The number of rotatable bonds is 8. The van der Waals surface area contributed by atoms with E-state index >= 15 is 0 Å². The van der Waals surface area contributed by atoms with Crippen molar-refractivity contribution < 1.29 is 18.7 Å². The van der Waals surface area contributed by atoms with Crippen molar-refractivity contribution >= 4 is 5.97 Å². The van der Waals surface area contributed by atoms with Crippen molar-refractivity contribution in [2.75, 3.05) is 19.9 Å². The molecule has 0 saturated heterocycles. The lowest BCUT2D eigenvalue weighted by Gasteiger charge is -2.24. The fourth-order valence-electron chi connectivity index (χ4n) is 2.54. The second-order valence-electron chi connectivity index (χ2n) is 5.99. The Hall–Kier alpha value is -1.62. The van der Waals surface area contributed by atoms with Crippen LogP contribution in [0.2, 0.25) is 0 Å². The van der Waals surface area contributed by atoms with Gasteiger partial charge in [0.15, 0.2) is 0 Å². The lowest BCUT2D eigenvalue weighted by Crippen LogP contribution is -2.48. The number of hydrogen-bond donors (Lipinski definition) is 1. The Kier molecular flexibility index (Phi) is 5.40. The van der Waals surface area contributed by atoms with Gasteiger partial charge in [-0.05, 0) is 55.9 Å². The molecule has 4 nitrogen and oxygen atoms in total. The Bertz CT molecular complexity index is 527. The predicted molar refractivity (Wildman–Crippen MR) is 82.8 cm³/mol. The maximum atomic E-state index is 12.3. The van der Waals surface area contributed by atoms with Gasteiger partial charge < -0.3 is 15.2 Å². The molecule has 1 saturated carbocycles. The molecule has 0 heterocycles. The molecule has 5 heteroatoms. The molecule has 0 aliphatic heterocycles. The summed E-state index contributed by atoms with van der Waals surface area (Å²) in [5.74, 6) is 0.728. The van der Waals surface area contributed by atoms with E-state index in [1.165, 1.54) is 5.56 Å². The van der Waals surface area contributed by atoms with E-state index in [2.05, 4.69) is 0 Å². The van der Waals surface area contributed by atoms with Crippen molar-refractivity contribution in [3.8, 4) is 5.75 Å². The molecule has 1 aromatic rings. The van der Waals surface area contributed by atoms with Gasteiger partial charge in [0.05, 0.1) is 6.61 Å². The zero-order chi connectivity index (χ0) is 16.2. The van der Waals surface area contributed by atoms with Gasteiger partial charge in [-0.1, -0.05) is 6.07 Å². The summed E-state index contributed by atoms with van der Waals surface area (Å²) in [5, 5.41) is 0. The van der Waals surface area contributed by atoms with Crippen LogP contribution >= 0.6 is 0 Å². The Labute approximate surface area is 130 Å². The third-order valence-electron chi connectivity index (χ3n) is 3.78. The second kappa shape index (κ2) is 7.09. The van der Waals surface area contributed by atoms with Crippen LogP contribution in [0.4, 0.5) is 4.39 Å². The van der Waals surface area contributed by atoms with Crippen LogP contribution in [0.1, 0.15) is 43.7 Å². The smallest absolute Gasteiger partial charge is 0.326 e. The van der Waals surface area contributed by atoms with Crippen molar-refractivity contribution in [1.82, 2.24) is 0 Å². The number of alkyl halides is 1. The summed E-state index contributed by atoms with van der Waals surface area (Å²) in [7, 11) is 0. The second-order valence-corrected chi connectivity index (χ2v) is 5.99. The van der Waals surface area contributed by atoms with Crippen LogP contribution in [0.3, 0.4) is 0 Å². The van der Waals surface area contributed by atoms with Crippen molar-refractivity contribution in [3.05, 3.63) is 29.3 Å². The molecule has 0 spiro atoms. The van der Waals surface area contributed by atoms with Gasteiger partial charge in [0, 0.05) is 6.42 Å². The molecule has 0 bridgehead atoms. The van der Waals surface area contributed by atoms with Crippen LogP contribution in [-0.2, 0) is 16.0 Å². The molecule has 22 heavy (non-hydrogen) atoms. The minimum Gasteiger partial charge on any atom is -0.491 e. The summed E-state index contributed by atoms with van der Waals surface area (Å²) in [5.41, 5.74) is 7.24. The molecular weight excluding hydrogens is 285 g/mol. The lowest BCUT2D eigenvalue weighted by molar-refractivity contribution is -0.148. The third kappa shape index (κ3) is 4.19. The Balaban J connectivity index is 2.20. The van der Waals surface area contributed by atoms with Gasteiger partial charge in [-0.15, -0.1) is 0 Å². The highest BCUT2D eigenvalue weighted by Gasteiger charge is 2.33. The normalized spacial score (nSPS) is 16.9. The molecule has 1 unspecified atom stereocenters.